The Hall–Kier alpha value is -2.82. The van der Waals surface area contributed by atoms with E-state index in [1.807, 2.05) is 19.1 Å². The quantitative estimate of drug-likeness (QED) is 0.604. The first-order valence-corrected chi connectivity index (χ1v) is 8.62. The largest absolute Gasteiger partial charge is 0.507 e. The number of hydrogen-bond donors (Lipinski definition) is 2. The monoisotopic (exact) mass is 355 g/mol. The Morgan fingerprint density at radius 2 is 1.73 bits per heavy atom. The first-order chi connectivity index (χ1) is 12.3. The van der Waals surface area contributed by atoms with E-state index in [4.69, 9.17) is 0 Å². The molecule has 1 atom stereocenters. The number of aromatic hydroxyl groups is 1. The van der Waals surface area contributed by atoms with Crippen LogP contribution in [0.25, 0.3) is 0 Å². The lowest BCUT2D eigenvalue weighted by Gasteiger charge is -2.14. The average molecular weight is 355 g/mol. The molecule has 0 aliphatic rings. The topological polar surface area (TPSA) is 75.6 Å². The van der Waals surface area contributed by atoms with Gasteiger partial charge in [-0.05, 0) is 48.6 Å². The summed E-state index contributed by atoms with van der Waals surface area (Å²) in [6.07, 6.45) is 1.00. The van der Waals surface area contributed by atoms with Crippen molar-refractivity contribution in [2.45, 2.75) is 33.1 Å². The molecule has 0 fully saturated rings. The predicted molar refractivity (Wildman–Crippen MR) is 101 cm³/mol. The summed E-state index contributed by atoms with van der Waals surface area (Å²) in [6.45, 7) is 6.17. The predicted octanol–water partition coefficient (Wildman–Crippen LogP) is 4.12. The van der Waals surface area contributed by atoms with Gasteiger partial charge >= 0.3 is 5.97 Å². The van der Waals surface area contributed by atoms with Crippen molar-refractivity contribution in [2.24, 2.45) is 5.92 Å². The van der Waals surface area contributed by atoms with Crippen molar-refractivity contribution >= 4 is 17.6 Å². The maximum absolute atomic E-state index is 12.5. The van der Waals surface area contributed by atoms with Crippen LogP contribution in [0.5, 0.6) is 5.75 Å². The molecule has 26 heavy (non-hydrogen) atoms. The van der Waals surface area contributed by atoms with Gasteiger partial charge in [0.05, 0.1) is 13.0 Å². The van der Waals surface area contributed by atoms with E-state index in [-0.39, 0.29) is 23.1 Å². The van der Waals surface area contributed by atoms with E-state index in [0.29, 0.717) is 11.6 Å². The lowest BCUT2D eigenvalue weighted by Crippen LogP contribution is -2.19. The third-order valence-electron chi connectivity index (χ3n) is 4.19. The molecule has 0 unspecified atom stereocenters. The average Bonchev–Trinajstić information content (AvgIpc) is 2.62. The second-order valence-corrected chi connectivity index (χ2v) is 6.77. The maximum atomic E-state index is 12.5. The third kappa shape index (κ3) is 4.85. The van der Waals surface area contributed by atoms with Gasteiger partial charge in [-0.2, -0.15) is 0 Å². The second-order valence-electron chi connectivity index (χ2n) is 6.77. The Bertz CT molecular complexity index is 781. The number of esters is 1. The minimum atomic E-state index is -0.660. The molecular weight excluding hydrogens is 330 g/mol. The van der Waals surface area contributed by atoms with Gasteiger partial charge in [0.25, 0.3) is 0 Å². The highest BCUT2D eigenvalue weighted by Crippen LogP contribution is 2.24. The van der Waals surface area contributed by atoms with Gasteiger partial charge in [0.1, 0.15) is 11.3 Å². The third-order valence-corrected chi connectivity index (χ3v) is 4.19. The van der Waals surface area contributed by atoms with Crippen molar-refractivity contribution in [1.29, 1.82) is 0 Å². The Labute approximate surface area is 154 Å². The molecule has 2 rings (SSSR count). The summed E-state index contributed by atoms with van der Waals surface area (Å²) < 4.78 is 4.62. The molecule has 5 nitrogen and oxygen atoms in total. The van der Waals surface area contributed by atoms with Crippen LogP contribution >= 0.6 is 0 Å². The Morgan fingerprint density at radius 3 is 2.31 bits per heavy atom. The van der Waals surface area contributed by atoms with Crippen LogP contribution in [-0.2, 0) is 16.0 Å². The summed E-state index contributed by atoms with van der Waals surface area (Å²) in [6, 6.07) is 12.3. The molecule has 0 radical (unpaired) electrons. The van der Waals surface area contributed by atoms with Crippen LogP contribution in [-0.4, -0.2) is 24.1 Å². The Kier molecular flexibility index (Phi) is 6.39. The molecule has 2 N–H and O–H groups in total. The van der Waals surface area contributed by atoms with E-state index < -0.39 is 5.97 Å². The van der Waals surface area contributed by atoms with Crippen LogP contribution in [0.3, 0.4) is 0 Å². The van der Waals surface area contributed by atoms with Gasteiger partial charge in [0.15, 0.2) is 0 Å². The van der Waals surface area contributed by atoms with Crippen molar-refractivity contribution in [1.82, 2.24) is 0 Å². The zero-order chi connectivity index (χ0) is 19.3. The number of benzene rings is 2. The zero-order valence-electron chi connectivity index (χ0n) is 15.6. The van der Waals surface area contributed by atoms with E-state index in [2.05, 4.69) is 36.0 Å². The van der Waals surface area contributed by atoms with Crippen LogP contribution in [0, 0.1) is 5.92 Å². The number of ether oxygens (including phenoxy) is 1. The SMILES string of the molecule is COC(=O)c1cc(NC(=O)[C@@H](C)c2ccc(CC(C)C)cc2)ccc1O. The van der Waals surface area contributed by atoms with E-state index in [1.165, 1.54) is 30.9 Å². The molecule has 138 valence electrons. The number of carbonyl (C=O) groups excluding carboxylic acids is 2. The van der Waals surface area contributed by atoms with Crippen molar-refractivity contribution in [3.05, 3.63) is 59.2 Å². The summed E-state index contributed by atoms with van der Waals surface area (Å²) in [5.41, 5.74) is 2.60. The first kappa shape index (κ1) is 19.5. The van der Waals surface area contributed by atoms with Gasteiger partial charge in [0, 0.05) is 5.69 Å². The molecule has 5 heteroatoms. The van der Waals surface area contributed by atoms with Gasteiger partial charge in [0.2, 0.25) is 5.91 Å². The van der Waals surface area contributed by atoms with Crippen LogP contribution in [0.1, 0.15) is 48.2 Å². The summed E-state index contributed by atoms with van der Waals surface area (Å²) in [5, 5.41) is 12.5. The minimum Gasteiger partial charge on any atom is -0.507 e. The lowest BCUT2D eigenvalue weighted by molar-refractivity contribution is -0.117. The van der Waals surface area contributed by atoms with E-state index in [1.54, 1.807) is 0 Å². The zero-order valence-corrected chi connectivity index (χ0v) is 15.6. The van der Waals surface area contributed by atoms with Gasteiger partial charge in [-0.3, -0.25) is 4.79 Å². The van der Waals surface area contributed by atoms with Crippen LogP contribution < -0.4 is 5.32 Å². The normalized spacial score (nSPS) is 11.9. The number of rotatable bonds is 6. The van der Waals surface area contributed by atoms with Gasteiger partial charge < -0.3 is 15.2 Å². The summed E-state index contributed by atoms with van der Waals surface area (Å²) >= 11 is 0. The minimum absolute atomic E-state index is 0.0102. The Balaban J connectivity index is 2.10. The number of phenols is 1. The van der Waals surface area contributed by atoms with E-state index in [0.717, 1.165) is 12.0 Å². The van der Waals surface area contributed by atoms with Crippen molar-refractivity contribution in [3.8, 4) is 5.75 Å². The molecule has 0 heterocycles. The highest BCUT2D eigenvalue weighted by molar-refractivity contribution is 5.98. The number of nitrogens with one attached hydrogen (secondary N) is 1. The van der Waals surface area contributed by atoms with E-state index in [9.17, 15) is 14.7 Å². The highest BCUT2D eigenvalue weighted by Gasteiger charge is 2.17. The number of phenolic OH excluding ortho intramolecular Hbond substituents is 1. The number of methoxy groups -OCH3 is 1. The molecule has 0 aliphatic carbocycles. The fourth-order valence-electron chi connectivity index (χ4n) is 2.70. The van der Waals surface area contributed by atoms with Crippen molar-refractivity contribution in [3.63, 3.8) is 0 Å². The molecule has 0 saturated heterocycles. The molecule has 0 spiro atoms. The van der Waals surface area contributed by atoms with Crippen LogP contribution in [0.4, 0.5) is 5.69 Å². The fourth-order valence-corrected chi connectivity index (χ4v) is 2.70. The number of carbonyl (C=O) groups is 2. The molecule has 0 aromatic heterocycles. The summed E-state index contributed by atoms with van der Waals surface area (Å²) in [5.74, 6) is -0.808. The van der Waals surface area contributed by atoms with Gasteiger partial charge in [-0.15, -0.1) is 0 Å². The van der Waals surface area contributed by atoms with Crippen LogP contribution in [0.15, 0.2) is 42.5 Å². The van der Waals surface area contributed by atoms with Crippen LogP contribution in [0.2, 0.25) is 0 Å². The second kappa shape index (κ2) is 8.52. The lowest BCUT2D eigenvalue weighted by atomic mass is 9.96. The molecule has 0 aliphatic heterocycles. The molecule has 2 aromatic carbocycles. The summed E-state index contributed by atoms with van der Waals surface area (Å²) in [7, 11) is 1.23. The smallest absolute Gasteiger partial charge is 0.341 e. The summed E-state index contributed by atoms with van der Waals surface area (Å²) in [4.78, 5) is 24.2. The standard InChI is InChI=1S/C21H25NO4/c1-13(2)11-15-5-7-16(8-6-15)14(3)20(24)22-17-9-10-19(23)18(12-17)21(25)26-4/h5-10,12-14,23H,11H2,1-4H3,(H,22,24)/t14-/m0/s1. The molecule has 0 bridgehead atoms. The van der Waals surface area contributed by atoms with Gasteiger partial charge in [-0.25, -0.2) is 4.79 Å². The molecule has 1 amide bonds. The van der Waals surface area contributed by atoms with Gasteiger partial charge in [-0.1, -0.05) is 38.1 Å². The first-order valence-electron chi connectivity index (χ1n) is 8.62. The van der Waals surface area contributed by atoms with Crippen molar-refractivity contribution in [2.75, 3.05) is 12.4 Å². The van der Waals surface area contributed by atoms with E-state index >= 15 is 0 Å². The maximum Gasteiger partial charge on any atom is 0.341 e. The molecule has 2 aromatic rings. The number of amides is 1. The molecule has 0 saturated carbocycles. The highest BCUT2D eigenvalue weighted by atomic mass is 16.5. The fraction of sp³-hybridized carbons (Fsp3) is 0.333. The molecular formula is C21H25NO4. The Morgan fingerprint density at radius 1 is 1.08 bits per heavy atom. The van der Waals surface area contributed by atoms with Crippen molar-refractivity contribution < 1.29 is 19.4 Å². The number of hydrogen-bond acceptors (Lipinski definition) is 4. The number of anilines is 1.